The molecule has 2 aromatic heterocycles. The van der Waals surface area contributed by atoms with E-state index in [0.717, 1.165) is 11.3 Å². The summed E-state index contributed by atoms with van der Waals surface area (Å²) < 4.78 is 0. The Labute approximate surface area is 93.8 Å². The molecule has 0 aromatic carbocycles. The van der Waals surface area contributed by atoms with Crippen LogP contribution in [0.3, 0.4) is 0 Å². The summed E-state index contributed by atoms with van der Waals surface area (Å²) in [5, 5.41) is 2.11. The van der Waals surface area contributed by atoms with Crippen LogP contribution < -0.4 is 5.73 Å². The van der Waals surface area contributed by atoms with E-state index in [4.69, 9.17) is 5.73 Å². The summed E-state index contributed by atoms with van der Waals surface area (Å²) in [5.74, 6) is 0. The highest BCUT2D eigenvalue weighted by molar-refractivity contribution is 7.10. The zero-order chi connectivity index (χ0) is 10.8. The lowest BCUT2D eigenvalue weighted by molar-refractivity contribution is 0.864. The first-order valence-electron chi connectivity index (χ1n) is 4.90. The fourth-order valence-electron chi connectivity index (χ4n) is 1.48. The molecule has 0 bridgehead atoms. The number of nitrogens with two attached hydrogens (primary N) is 1. The van der Waals surface area contributed by atoms with E-state index in [9.17, 15) is 0 Å². The molecule has 0 saturated carbocycles. The Balaban J connectivity index is 2.28. The minimum atomic E-state index is -0.0527. The van der Waals surface area contributed by atoms with Gasteiger partial charge in [-0.1, -0.05) is 6.07 Å². The highest BCUT2D eigenvalue weighted by Crippen LogP contribution is 2.23. The van der Waals surface area contributed by atoms with Crippen molar-refractivity contribution < 1.29 is 0 Å². The van der Waals surface area contributed by atoms with Crippen LogP contribution in [0.1, 0.15) is 27.7 Å². The van der Waals surface area contributed by atoms with Crippen molar-refractivity contribution in [3.05, 3.63) is 51.5 Å². The van der Waals surface area contributed by atoms with Crippen molar-refractivity contribution in [3.8, 4) is 0 Å². The molecular formula is C12H14N2S. The van der Waals surface area contributed by atoms with Crippen molar-refractivity contribution >= 4 is 11.3 Å². The molecule has 0 fully saturated rings. The van der Waals surface area contributed by atoms with Crippen LogP contribution in [0.15, 0.2) is 29.8 Å². The van der Waals surface area contributed by atoms with Gasteiger partial charge in [-0.2, -0.15) is 0 Å². The van der Waals surface area contributed by atoms with Gasteiger partial charge in [0.25, 0.3) is 0 Å². The minimum absolute atomic E-state index is 0.0527. The molecular weight excluding hydrogens is 204 g/mol. The third-order valence-corrected chi connectivity index (χ3v) is 3.28. The third kappa shape index (κ3) is 2.25. The Hall–Kier alpha value is -1.19. The Morgan fingerprint density at radius 3 is 2.60 bits per heavy atom. The summed E-state index contributed by atoms with van der Waals surface area (Å²) in [6, 6.07) is 6.12. The van der Waals surface area contributed by atoms with Crippen LogP contribution in [0, 0.1) is 13.8 Å². The first-order chi connectivity index (χ1) is 7.16. The van der Waals surface area contributed by atoms with Gasteiger partial charge >= 0.3 is 0 Å². The molecule has 2 nitrogen and oxygen atoms in total. The maximum atomic E-state index is 6.15. The Kier molecular flexibility index (Phi) is 2.84. The number of rotatable bonds is 2. The second kappa shape index (κ2) is 4.13. The van der Waals surface area contributed by atoms with E-state index in [0.29, 0.717) is 0 Å². The molecule has 0 aliphatic carbocycles. The Morgan fingerprint density at radius 2 is 2.07 bits per heavy atom. The first-order valence-corrected chi connectivity index (χ1v) is 5.78. The van der Waals surface area contributed by atoms with Gasteiger partial charge in [-0.15, -0.1) is 11.3 Å². The van der Waals surface area contributed by atoms with Crippen molar-refractivity contribution in [3.63, 3.8) is 0 Å². The van der Waals surface area contributed by atoms with E-state index in [2.05, 4.69) is 23.4 Å². The molecule has 2 heterocycles. The van der Waals surface area contributed by atoms with Gasteiger partial charge in [0, 0.05) is 16.8 Å². The molecule has 0 radical (unpaired) electrons. The number of nitrogens with zero attached hydrogens (tertiary/aromatic N) is 1. The quantitative estimate of drug-likeness (QED) is 0.841. The number of aryl methyl sites for hydroxylation is 2. The van der Waals surface area contributed by atoms with E-state index < -0.39 is 0 Å². The van der Waals surface area contributed by atoms with Gasteiger partial charge < -0.3 is 5.73 Å². The van der Waals surface area contributed by atoms with E-state index in [1.54, 1.807) is 11.3 Å². The molecule has 2 N–H and O–H groups in total. The zero-order valence-electron chi connectivity index (χ0n) is 8.90. The molecule has 0 amide bonds. The highest BCUT2D eigenvalue weighted by atomic mass is 32.1. The average molecular weight is 218 g/mol. The molecule has 0 spiro atoms. The van der Waals surface area contributed by atoms with E-state index in [1.165, 1.54) is 10.4 Å². The molecule has 2 rings (SSSR count). The maximum absolute atomic E-state index is 6.15. The lowest BCUT2D eigenvalue weighted by Crippen LogP contribution is -2.11. The summed E-state index contributed by atoms with van der Waals surface area (Å²) in [6.07, 6.45) is 1.85. The average Bonchev–Trinajstić information content (AvgIpc) is 2.65. The molecule has 78 valence electrons. The van der Waals surface area contributed by atoms with Crippen molar-refractivity contribution in [2.75, 3.05) is 0 Å². The minimum Gasteiger partial charge on any atom is -0.320 e. The SMILES string of the molecule is Cc1ccc(C(N)c2csc(C)c2)cn1. The predicted octanol–water partition coefficient (Wildman–Crippen LogP) is 2.81. The topological polar surface area (TPSA) is 38.9 Å². The van der Waals surface area contributed by atoms with Crippen LogP contribution in [0.2, 0.25) is 0 Å². The van der Waals surface area contributed by atoms with Crippen LogP contribution in [-0.4, -0.2) is 4.98 Å². The van der Waals surface area contributed by atoms with Gasteiger partial charge in [0.2, 0.25) is 0 Å². The molecule has 1 atom stereocenters. The monoisotopic (exact) mass is 218 g/mol. The maximum Gasteiger partial charge on any atom is 0.0575 e. The fraction of sp³-hybridized carbons (Fsp3) is 0.250. The summed E-state index contributed by atoms with van der Waals surface area (Å²) in [7, 11) is 0. The van der Waals surface area contributed by atoms with Gasteiger partial charge in [-0.05, 0) is 42.5 Å². The van der Waals surface area contributed by atoms with Crippen molar-refractivity contribution in [1.29, 1.82) is 0 Å². The first kappa shape index (κ1) is 10.3. The normalized spacial score (nSPS) is 12.7. The van der Waals surface area contributed by atoms with Crippen molar-refractivity contribution in [2.45, 2.75) is 19.9 Å². The van der Waals surface area contributed by atoms with Crippen LogP contribution in [0.5, 0.6) is 0 Å². The van der Waals surface area contributed by atoms with Gasteiger partial charge in [-0.3, -0.25) is 4.98 Å². The lowest BCUT2D eigenvalue weighted by Gasteiger charge is -2.09. The smallest absolute Gasteiger partial charge is 0.0575 e. The van der Waals surface area contributed by atoms with Gasteiger partial charge in [0.15, 0.2) is 0 Å². The van der Waals surface area contributed by atoms with Gasteiger partial charge in [-0.25, -0.2) is 0 Å². The molecule has 0 aliphatic heterocycles. The zero-order valence-corrected chi connectivity index (χ0v) is 9.71. The lowest BCUT2D eigenvalue weighted by atomic mass is 10.0. The molecule has 1 unspecified atom stereocenters. The number of thiophene rings is 1. The Bertz CT molecular complexity index is 445. The van der Waals surface area contributed by atoms with E-state index >= 15 is 0 Å². The number of hydrogen-bond acceptors (Lipinski definition) is 3. The standard InChI is InChI=1S/C12H14N2S/c1-8-3-4-10(6-14-8)12(13)11-5-9(2)15-7-11/h3-7,12H,13H2,1-2H3. The summed E-state index contributed by atoms with van der Waals surface area (Å²) in [4.78, 5) is 5.55. The molecule has 3 heteroatoms. The highest BCUT2D eigenvalue weighted by Gasteiger charge is 2.10. The third-order valence-electron chi connectivity index (χ3n) is 2.40. The summed E-state index contributed by atoms with van der Waals surface area (Å²) in [5.41, 5.74) is 9.40. The number of pyridine rings is 1. The Morgan fingerprint density at radius 1 is 1.27 bits per heavy atom. The molecule has 15 heavy (non-hydrogen) atoms. The predicted molar refractivity (Wildman–Crippen MR) is 64.1 cm³/mol. The summed E-state index contributed by atoms with van der Waals surface area (Å²) >= 11 is 1.73. The van der Waals surface area contributed by atoms with Crippen LogP contribution in [0.25, 0.3) is 0 Å². The van der Waals surface area contributed by atoms with E-state index in [-0.39, 0.29) is 6.04 Å². The van der Waals surface area contributed by atoms with Crippen LogP contribution in [0.4, 0.5) is 0 Å². The van der Waals surface area contributed by atoms with Gasteiger partial charge in [0.05, 0.1) is 6.04 Å². The van der Waals surface area contributed by atoms with Gasteiger partial charge in [0.1, 0.15) is 0 Å². The van der Waals surface area contributed by atoms with Crippen molar-refractivity contribution in [2.24, 2.45) is 5.73 Å². The number of aromatic nitrogens is 1. The largest absolute Gasteiger partial charge is 0.320 e. The van der Waals surface area contributed by atoms with Crippen LogP contribution >= 0.6 is 11.3 Å². The van der Waals surface area contributed by atoms with E-state index in [1.807, 2.05) is 25.3 Å². The molecule has 2 aromatic rings. The van der Waals surface area contributed by atoms with Crippen LogP contribution in [-0.2, 0) is 0 Å². The second-order valence-corrected chi connectivity index (χ2v) is 4.82. The summed E-state index contributed by atoms with van der Waals surface area (Å²) in [6.45, 7) is 4.07. The van der Waals surface area contributed by atoms with Crippen molar-refractivity contribution in [1.82, 2.24) is 4.98 Å². The number of hydrogen-bond donors (Lipinski definition) is 1. The molecule has 0 aliphatic rings. The molecule has 0 saturated heterocycles. The second-order valence-electron chi connectivity index (χ2n) is 3.70. The fourth-order valence-corrected chi connectivity index (χ4v) is 2.22.